The molecular formula is C27H33FN6O2. The molecule has 3 aliphatic rings. The van der Waals surface area contributed by atoms with Crippen LogP contribution in [0.1, 0.15) is 72.2 Å². The molecule has 1 amide bonds. The van der Waals surface area contributed by atoms with Gasteiger partial charge in [-0.2, -0.15) is 9.61 Å². The number of carbonyl (C=O) groups is 1. The summed E-state index contributed by atoms with van der Waals surface area (Å²) in [4.78, 5) is 22.8. The van der Waals surface area contributed by atoms with E-state index in [0.29, 0.717) is 31.4 Å². The number of amides is 1. The number of benzene rings is 1. The molecular weight excluding hydrogens is 459 g/mol. The smallest absolute Gasteiger partial charge is 0.258 e. The van der Waals surface area contributed by atoms with Crippen molar-refractivity contribution in [2.24, 2.45) is 0 Å². The summed E-state index contributed by atoms with van der Waals surface area (Å²) in [5, 5.41) is 8.41. The molecule has 1 aromatic carbocycles. The fourth-order valence-corrected chi connectivity index (χ4v) is 5.49. The van der Waals surface area contributed by atoms with Crippen LogP contribution < -0.4 is 15.0 Å². The molecule has 2 bridgehead atoms. The number of hydrogen-bond donors (Lipinski definition) is 1. The maximum absolute atomic E-state index is 14.2. The molecule has 1 saturated heterocycles. The topological polar surface area (TPSA) is 75.0 Å². The minimum atomic E-state index is -0.445. The summed E-state index contributed by atoms with van der Waals surface area (Å²) in [7, 11) is 2.09. The van der Waals surface area contributed by atoms with Gasteiger partial charge in [-0.15, -0.1) is 0 Å². The standard InChI is InChI=1S/C27H33FN6O2/c1-32-13-10-29-11-14-36-24-9-8-19(28)15-20(24)27(35)33-12-3-2-7-23(33)22-16-25-30-21(18-5-4-6-18)17-26(32)34(25)31-22/h8-9,15-18,23,29H,2-7,10-14H2,1H3/t23-/m0/s1. The number of rotatable bonds is 1. The van der Waals surface area contributed by atoms with Crippen LogP contribution in [0.3, 0.4) is 0 Å². The van der Waals surface area contributed by atoms with E-state index in [9.17, 15) is 9.18 Å². The third kappa shape index (κ3) is 4.30. The van der Waals surface area contributed by atoms with Crippen LogP contribution in [-0.2, 0) is 0 Å². The summed E-state index contributed by atoms with van der Waals surface area (Å²) >= 11 is 0. The highest BCUT2D eigenvalue weighted by molar-refractivity contribution is 5.97. The van der Waals surface area contributed by atoms with Crippen LogP contribution in [0, 0.1) is 5.82 Å². The minimum Gasteiger partial charge on any atom is -0.491 e. The number of carbonyl (C=O) groups excluding carboxylic acids is 1. The maximum atomic E-state index is 14.2. The molecule has 6 rings (SSSR count). The van der Waals surface area contributed by atoms with Gasteiger partial charge in [0.15, 0.2) is 5.65 Å². The lowest BCUT2D eigenvalue weighted by Gasteiger charge is -2.35. The Balaban J connectivity index is 1.45. The average molecular weight is 493 g/mol. The third-order valence-electron chi connectivity index (χ3n) is 7.80. The van der Waals surface area contributed by atoms with Crippen molar-refractivity contribution in [3.63, 3.8) is 0 Å². The van der Waals surface area contributed by atoms with Gasteiger partial charge in [-0.1, -0.05) is 6.42 Å². The average Bonchev–Trinajstić information content (AvgIpc) is 3.28. The van der Waals surface area contributed by atoms with Crippen molar-refractivity contribution in [2.75, 3.05) is 44.7 Å². The molecule has 4 heterocycles. The largest absolute Gasteiger partial charge is 0.491 e. The van der Waals surface area contributed by atoms with E-state index in [1.165, 1.54) is 31.4 Å². The Kier molecular flexibility index (Phi) is 6.25. The second-order valence-electron chi connectivity index (χ2n) is 10.2. The predicted molar refractivity (Wildman–Crippen MR) is 135 cm³/mol. The molecule has 0 unspecified atom stereocenters. The Morgan fingerprint density at radius 1 is 1.03 bits per heavy atom. The molecule has 2 fully saturated rings. The molecule has 3 aromatic rings. The number of fused-ring (bicyclic) bond motifs is 4. The molecule has 1 N–H and O–H groups in total. The first-order valence-corrected chi connectivity index (χ1v) is 13.1. The van der Waals surface area contributed by atoms with Crippen molar-refractivity contribution in [2.45, 2.75) is 50.5 Å². The van der Waals surface area contributed by atoms with Crippen LogP contribution in [0.25, 0.3) is 5.65 Å². The van der Waals surface area contributed by atoms with Crippen LogP contribution in [0.15, 0.2) is 30.3 Å². The van der Waals surface area contributed by atoms with E-state index in [1.54, 1.807) is 6.07 Å². The Morgan fingerprint density at radius 2 is 1.92 bits per heavy atom. The number of ether oxygens (including phenoxy) is 1. The molecule has 8 nitrogen and oxygen atoms in total. The van der Waals surface area contributed by atoms with Crippen LogP contribution in [0.5, 0.6) is 5.75 Å². The van der Waals surface area contributed by atoms with Crippen LogP contribution in [0.4, 0.5) is 10.2 Å². The molecule has 2 aliphatic heterocycles. The van der Waals surface area contributed by atoms with E-state index in [0.717, 1.165) is 55.2 Å². The van der Waals surface area contributed by atoms with Gasteiger partial charge in [-0.3, -0.25) is 4.79 Å². The second-order valence-corrected chi connectivity index (χ2v) is 10.2. The zero-order valence-corrected chi connectivity index (χ0v) is 20.8. The van der Waals surface area contributed by atoms with E-state index in [-0.39, 0.29) is 17.5 Å². The van der Waals surface area contributed by atoms with Crippen LogP contribution in [0.2, 0.25) is 0 Å². The number of hydrogen-bond acceptors (Lipinski definition) is 6. The van der Waals surface area contributed by atoms with E-state index < -0.39 is 5.82 Å². The first kappa shape index (κ1) is 23.2. The highest BCUT2D eigenvalue weighted by Crippen LogP contribution is 2.38. The molecule has 9 heteroatoms. The van der Waals surface area contributed by atoms with E-state index >= 15 is 0 Å². The van der Waals surface area contributed by atoms with Gasteiger partial charge in [-0.05, 0) is 50.3 Å². The Labute approximate surface area is 210 Å². The lowest BCUT2D eigenvalue weighted by atomic mass is 9.83. The molecule has 1 aliphatic carbocycles. The SMILES string of the molecule is CN1CCNCCOc2ccc(F)cc2C(=O)N2CCCC[C@H]2c2cc3nc(C4CCC4)cc1n3n2. The molecule has 1 atom stereocenters. The normalized spacial score (nSPS) is 21.7. The van der Waals surface area contributed by atoms with Gasteiger partial charge in [0, 0.05) is 57.0 Å². The number of likely N-dealkylation sites (N-methyl/N-ethyl adjacent to an activating group) is 1. The molecule has 0 radical (unpaired) electrons. The van der Waals surface area contributed by atoms with Crippen LogP contribution in [-0.4, -0.2) is 65.2 Å². The number of aromatic nitrogens is 3. The van der Waals surface area contributed by atoms with E-state index in [1.807, 2.05) is 15.5 Å². The first-order chi connectivity index (χ1) is 17.6. The molecule has 2 aromatic heterocycles. The molecule has 1 saturated carbocycles. The Morgan fingerprint density at radius 3 is 2.75 bits per heavy atom. The number of anilines is 1. The van der Waals surface area contributed by atoms with Crippen molar-refractivity contribution in [1.82, 2.24) is 24.8 Å². The monoisotopic (exact) mass is 492 g/mol. The van der Waals surface area contributed by atoms with Crippen molar-refractivity contribution >= 4 is 17.4 Å². The minimum absolute atomic E-state index is 0.191. The van der Waals surface area contributed by atoms with Gasteiger partial charge in [0.05, 0.1) is 17.3 Å². The summed E-state index contributed by atoms with van der Waals surface area (Å²) in [6, 6.07) is 8.22. The summed E-state index contributed by atoms with van der Waals surface area (Å²) in [6.07, 6.45) is 6.33. The lowest BCUT2D eigenvalue weighted by molar-refractivity contribution is 0.0601. The number of nitrogens with zero attached hydrogens (tertiary/aromatic N) is 5. The van der Waals surface area contributed by atoms with Crippen molar-refractivity contribution in [3.8, 4) is 5.75 Å². The van der Waals surface area contributed by atoms with Gasteiger partial charge in [-0.25, -0.2) is 9.37 Å². The quantitative estimate of drug-likeness (QED) is 0.555. The summed E-state index contributed by atoms with van der Waals surface area (Å²) in [6.45, 7) is 3.18. The zero-order chi connectivity index (χ0) is 24.6. The molecule has 36 heavy (non-hydrogen) atoms. The third-order valence-corrected chi connectivity index (χ3v) is 7.80. The fraction of sp³-hybridized carbons (Fsp3) is 0.519. The van der Waals surface area contributed by atoms with Crippen molar-refractivity contribution in [3.05, 3.63) is 53.1 Å². The Bertz CT molecular complexity index is 1270. The van der Waals surface area contributed by atoms with E-state index in [2.05, 4.69) is 23.3 Å². The van der Waals surface area contributed by atoms with Crippen LogP contribution >= 0.6 is 0 Å². The van der Waals surface area contributed by atoms with Gasteiger partial charge < -0.3 is 19.9 Å². The van der Waals surface area contributed by atoms with Gasteiger partial charge in [0.25, 0.3) is 5.91 Å². The highest BCUT2D eigenvalue weighted by Gasteiger charge is 2.33. The maximum Gasteiger partial charge on any atom is 0.258 e. The number of nitrogens with one attached hydrogen (secondary N) is 1. The lowest BCUT2D eigenvalue weighted by Crippen LogP contribution is -2.39. The van der Waals surface area contributed by atoms with Crippen molar-refractivity contribution < 1.29 is 13.9 Å². The molecule has 0 spiro atoms. The van der Waals surface area contributed by atoms with Gasteiger partial charge in [0.1, 0.15) is 24.0 Å². The number of piperidine rings is 1. The fourth-order valence-electron chi connectivity index (χ4n) is 5.49. The van der Waals surface area contributed by atoms with Gasteiger partial charge >= 0.3 is 0 Å². The summed E-state index contributed by atoms with van der Waals surface area (Å²) in [5.41, 5.74) is 3.05. The summed E-state index contributed by atoms with van der Waals surface area (Å²) in [5.74, 6) is 1.27. The Hall–Kier alpha value is -3.20. The summed E-state index contributed by atoms with van der Waals surface area (Å²) < 4.78 is 22.1. The zero-order valence-electron chi connectivity index (χ0n) is 20.8. The predicted octanol–water partition coefficient (Wildman–Crippen LogP) is 3.92. The number of halogens is 1. The second kappa shape index (κ2) is 9.69. The van der Waals surface area contributed by atoms with Crippen molar-refractivity contribution in [1.29, 1.82) is 0 Å². The van der Waals surface area contributed by atoms with Gasteiger partial charge in [0.2, 0.25) is 0 Å². The highest BCUT2D eigenvalue weighted by atomic mass is 19.1. The molecule has 190 valence electrons. The first-order valence-electron chi connectivity index (χ1n) is 13.1. The van der Waals surface area contributed by atoms with E-state index in [4.69, 9.17) is 14.8 Å².